The van der Waals surface area contributed by atoms with E-state index >= 15 is 0 Å². The van der Waals surface area contributed by atoms with Crippen molar-refractivity contribution in [3.05, 3.63) is 65.3 Å². The lowest BCUT2D eigenvalue weighted by Crippen LogP contribution is -2.26. The van der Waals surface area contributed by atoms with Gasteiger partial charge in [-0.2, -0.15) is 0 Å². The third-order valence-corrected chi connectivity index (χ3v) is 4.42. The Morgan fingerprint density at radius 1 is 1.14 bits per heavy atom. The normalized spacial score (nSPS) is 10.4. The number of pyridine rings is 2. The van der Waals surface area contributed by atoms with E-state index in [9.17, 15) is 4.79 Å². The topological polar surface area (TPSA) is 93.1 Å². The number of rotatable bonds is 8. The van der Waals surface area contributed by atoms with E-state index in [1.54, 1.807) is 30.7 Å². The third kappa shape index (κ3) is 5.17. The largest absolute Gasteiger partial charge is 0.485 e. The molecule has 0 fully saturated rings. The van der Waals surface area contributed by atoms with Crippen molar-refractivity contribution in [2.45, 2.75) is 20.5 Å². The van der Waals surface area contributed by atoms with Crippen LogP contribution in [0.1, 0.15) is 29.9 Å². The van der Waals surface area contributed by atoms with Crippen LogP contribution in [-0.2, 0) is 6.61 Å². The van der Waals surface area contributed by atoms with Gasteiger partial charge in [-0.25, -0.2) is 15.0 Å². The van der Waals surface area contributed by atoms with Crippen LogP contribution in [0.15, 0.2) is 49.1 Å². The fourth-order valence-electron chi connectivity index (χ4n) is 2.58. The van der Waals surface area contributed by atoms with Gasteiger partial charge in [0.15, 0.2) is 17.3 Å². The quantitative estimate of drug-likeness (QED) is 0.604. The molecule has 0 aliphatic heterocycles. The molecule has 1 N–H and O–H groups in total. The molecule has 0 radical (unpaired) electrons. The molecule has 0 atom stereocenters. The van der Waals surface area contributed by atoms with Gasteiger partial charge in [0.1, 0.15) is 6.61 Å². The summed E-state index contributed by atoms with van der Waals surface area (Å²) in [6, 6.07) is 7.16. The minimum Gasteiger partial charge on any atom is -0.485 e. The second-order valence-electron chi connectivity index (χ2n) is 5.99. The van der Waals surface area contributed by atoms with Crippen LogP contribution < -0.4 is 15.0 Å². The zero-order valence-electron chi connectivity index (χ0n) is 16.2. The summed E-state index contributed by atoms with van der Waals surface area (Å²) in [7, 11) is 0. The molecule has 3 aromatic rings. The molecule has 9 heteroatoms. The maximum absolute atomic E-state index is 12.8. The van der Waals surface area contributed by atoms with Gasteiger partial charge in [0.25, 0.3) is 5.91 Å². The Morgan fingerprint density at radius 2 is 1.90 bits per heavy atom. The van der Waals surface area contributed by atoms with E-state index in [1.807, 2.05) is 30.9 Å². The molecule has 150 valence electrons. The highest BCUT2D eigenvalue weighted by Gasteiger charge is 2.18. The van der Waals surface area contributed by atoms with Gasteiger partial charge >= 0.3 is 0 Å². The molecule has 0 unspecified atom stereocenters. The van der Waals surface area contributed by atoms with Gasteiger partial charge in [0, 0.05) is 31.7 Å². The maximum atomic E-state index is 12.8. The molecule has 29 heavy (non-hydrogen) atoms. The van der Waals surface area contributed by atoms with Crippen LogP contribution in [0.4, 0.5) is 11.8 Å². The van der Waals surface area contributed by atoms with Crippen molar-refractivity contribution < 1.29 is 9.53 Å². The number of hydrogen-bond donors (Lipinski definition) is 1. The number of nitrogens with zero attached hydrogens (tertiary/aromatic N) is 5. The summed E-state index contributed by atoms with van der Waals surface area (Å²) in [5, 5.41) is 2.89. The number of anilines is 2. The molecule has 3 aromatic heterocycles. The Morgan fingerprint density at radius 3 is 2.62 bits per heavy atom. The van der Waals surface area contributed by atoms with E-state index in [2.05, 4.69) is 25.3 Å². The number of nitrogens with one attached hydrogen (secondary N) is 1. The van der Waals surface area contributed by atoms with Gasteiger partial charge in [-0.05, 0) is 43.7 Å². The first-order valence-corrected chi connectivity index (χ1v) is 9.55. The molecular formula is C20H21ClN6O2. The highest BCUT2D eigenvalue weighted by molar-refractivity contribution is 6.34. The Labute approximate surface area is 174 Å². The molecule has 0 aliphatic carbocycles. The smallest absolute Gasteiger partial charge is 0.277 e. The molecule has 0 spiro atoms. The van der Waals surface area contributed by atoms with Crippen LogP contribution in [0, 0.1) is 0 Å². The number of amides is 1. The summed E-state index contributed by atoms with van der Waals surface area (Å²) < 4.78 is 5.81. The number of aromatic nitrogens is 4. The minimum absolute atomic E-state index is 0.0781. The van der Waals surface area contributed by atoms with Crippen molar-refractivity contribution in [3.8, 4) is 5.75 Å². The van der Waals surface area contributed by atoms with E-state index in [1.165, 1.54) is 6.20 Å². The van der Waals surface area contributed by atoms with Crippen LogP contribution in [0.3, 0.4) is 0 Å². The second kappa shape index (κ2) is 9.79. The van der Waals surface area contributed by atoms with Crippen molar-refractivity contribution >= 4 is 29.3 Å². The van der Waals surface area contributed by atoms with Crippen molar-refractivity contribution in [3.63, 3.8) is 0 Å². The van der Waals surface area contributed by atoms with Crippen LogP contribution in [-0.4, -0.2) is 38.9 Å². The second-order valence-corrected chi connectivity index (χ2v) is 6.39. The van der Waals surface area contributed by atoms with E-state index in [0.29, 0.717) is 31.4 Å². The van der Waals surface area contributed by atoms with E-state index in [-0.39, 0.29) is 16.5 Å². The molecule has 1 amide bonds. The summed E-state index contributed by atoms with van der Waals surface area (Å²) in [5.74, 6) is 0.676. The van der Waals surface area contributed by atoms with Crippen molar-refractivity contribution in [2.75, 3.05) is 23.3 Å². The van der Waals surface area contributed by atoms with Gasteiger partial charge in [-0.1, -0.05) is 11.6 Å². The third-order valence-electron chi connectivity index (χ3n) is 4.14. The number of halogens is 1. The summed E-state index contributed by atoms with van der Waals surface area (Å²) in [5.41, 5.74) is 1.03. The predicted octanol–water partition coefficient (Wildman–Crippen LogP) is 3.60. The van der Waals surface area contributed by atoms with Crippen LogP contribution >= 0.6 is 11.6 Å². The Hall–Kier alpha value is -3.26. The summed E-state index contributed by atoms with van der Waals surface area (Å²) in [4.78, 5) is 31.5. The van der Waals surface area contributed by atoms with Crippen LogP contribution in [0.25, 0.3) is 0 Å². The van der Waals surface area contributed by atoms with Crippen LogP contribution in [0.2, 0.25) is 5.02 Å². The summed E-state index contributed by atoms with van der Waals surface area (Å²) in [6.45, 7) is 5.72. The van der Waals surface area contributed by atoms with E-state index < -0.39 is 5.91 Å². The van der Waals surface area contributed by atoms with Crippen LogP contribution in [0.5, 0.6) is 5.75 Å². The van der Waals surface area contributed by atoms with Crippen molar-refractivity contribution in [2.24, 2.45) is 0 Å². The molecule has 3 heterocycles. The predicted molar refractivity (Wildman–Crippen MR) is 111 cm³/mol. The number of carbonyl (C=O) groups excluding carboxylic acids is 1. The maximum Gasteiger partial charge on any atom is 0.277 e. The Balaban J connectivity index is 1.78. The van der Waals surface area contributed by atoms with Gasteiger partial charge in [-0.15, -0.1) is 0 Å². The lowest BCUT2D eigenvalue weighted by Gasteiger charge is -2.19. The van der Waals surface area contributed by atoms with Gasteiger partial charge < -0.3 is 15.0 Å². The van der Waals surface area contributed by atoms with E-state index in [4.69, 9.17) is 16.3 Å². The first-order valence-electron chi connectivity index (χ1n) is 9.17. The number of hydrogen-bond acceptors (Lipinski definition) is 7. The lowest BCUT2D eigenvalue weighted by molar-refractivity contribution is 0.102. The summed E-state index contributed by atoms with van der Waals surface area (Å²) in [6.07, 6.45) is 6.37. The lowest BCUT2D eigenvalue weighted by atomic mass is 10.3. The average molecular weight is 413 g/mol. The zero-order chi connectivity index (χ0) is 20.6. The molecule has 0 saturated carbocycles. The molecule has 0 saturated heterocycles. The average Bonchev–Trinajstić information content (AvgIpc) is 2.75. The first-order chi connectivity index (χ1) is 14.1. The first kappa shape index (κ1) is 20.5. The number of carbonyl (C=O) groups is 1. The molecule has 3 rings (SSSR count). The Bertz CT molecular complexity index is 966. The molecule has 8 nitrogen and oxygen atoms in total. The molecule has 0 aliphatic rings. The minimum atomic E-state index is -0.488. The van der Waals surface area contributed by atoms with Gasteiger partial charge in [-0.3, -0.25) is 9.78 Å². The molecule has 0 bridgehead atoms. The highest BCUT2D eigenvalue weighted by Crippen LogP contribution is 2.24. The Kier molecular flexibility index (Phi) is 6.91. The highest BCUT2D eigenvalue weighted by atomic mass is 35.5. The SMILES string of the molecule is CCN(CC)c1ncc(Cl)c(C(=O)Nc2ncccc2OCc2ccncc2)n1. The molecule has 0 aromatic carbocycles. The monoisotopic (exact) mass is 412 g/mol. The summed E-state index contributed by atoms with van der Waals surface area (Å²) >= 11 is 6.17. The van der Waals surface area contributed by atoms with Gasteiger partial charge in [0.05, 0.1) is 11.2 Å². The zero-order valence-corrected chi connectivity index (χ0v) is 16.9. The van der Waals surface area contributed by atoms with Crippen molar-refractivity contribution in [1.29, 1.82) is 0 Å². The molecular weight excluding hydrogens is 392 g/mol. The van der Waals surface area contributed by atoms with E-state index in [0.717, 1.165) is 5.56 Å². The fraction of sp³-hybridized carbons (Fsp3) is 0.250. The van der Waals surface area contributed by atoms with Crippen molar-refractivity contribution in [1.82, 2.24) is 19.9 Å². The standard InChI is InChI=1S/C20H21ClN6O2/c1-3-27(4-2)20-24-12-15(21)17(25-20)19(28)26-18-16(6-5-9-23-18)29-13-14-7-10-22-11-8-14/h5-12H,3-4,13H2,1-2H3,(H,23,26,28). The fourth-order valence-corrected chi connectivity index (χ4v) is 2.76. The number of ether oxygens (including phenoxy) is 1. The van der Waals surface area contributed by atoms with Gasteiger partial charge in [0.2, 0.25) is 5.95 Å².